The molecule has 1 aliphatic rings. The van der Waals surface area contributed by atoms with Crippen LogP contribution >= 0.6 is 22.9 Å². The maximum atomic E-state index is 13.8. The Hall–Kier alpha value is -4.67. The molecule has 1 amide bonds. The van der Waals surface area contributed by atoms with E-state index in [9.17, 15) is 14.0 Å². The number of aryl methyl sites for hydroxylation is 2. The van der Waals surface area contributed by atoms with Gasteiger partial charge in [-0.1, -0.05) is 41.1 Å². The number of nitrogens with zero attached hydrogens (tertiary/aromatic N) is 2. The number of aromatic nitrogens is 1. The number of allylic oxidation sites excluding steroid dienone is 1. The number of nitrogens with one attached hydrogen (secondary N) is 1. The lowest BCUT2D eigenvalue weighted by molar-refractivity contribution is -0.113. The summed E-state index contributed by atoms with van der Waals surface area (Å²) >= 11 is 7.01. The SMILES string of the molecule is CC1=C(C(=O)Nc2ccccc2C)[C@@H](c2ccc(C)o2)n2c(s/c(=C/c3ccc(COc4ccc(F)c(Cl)c4)o3)c2=O)=N1. The van der Waals surface area contributed by atoms with E-state index in [1.54, 1.807) is 44.2 Å². The first-order valence-corrected chi connectivity index (χ1v) is 14.5. The molecule has 0 saturated carbocycles. The summed E-state index contributed by atoms with van der Waals surface area (Å²) in [4.78, 5) is 32.6. The molecule has 1 aliphatic heterocycles. The minimum atomic E-state index is -0.820. The molecule has 0 unspecified atom stereocenters. The van der Waals surface area contributed by atoms with E-state index in [-0.39, 0.29) is 23.1 Å². The summed E-state index contributed by atoms with van der Waals surface area (Å²) in [5.74, 6) is 1.51. The lowest BCUT2D eigenvalue weighted by Crippen LogP contribution is -2.40. The minimum absolute atomic E-state index is 0.0397. The van der Waals surface area contributed by atoms with Crippen molar-refractivity contribution in [2.45, 2.75) is 33.4 Å². The molecule has 6 rings (SSSR count). The van der Waals surface area contributed by atoms with Gasteiger partial charge in [-0.15, -0.1) is 0 Å². The maximum Gasteiger partial charge on any atom is 0.271 e. The lowest BCUT2D eigenvalue weighted by Gasteiger charge is -2.23. The number of amides is 1. The molecule has 218 valence electrons. The fraction of sp³-hybridized carbons (Fsp3) is 0.156. The van der Waals surface area contributed by atoms with E-state index in [0.29, 0.717) is 55.1 Å². The number of thiazole rings is 1. The van der Waals surface area contributed by atoms with Crippen molar-refractivity contribution < 1.29 is 22.8 Å². The summed E-state index contributed by atoms with van der Waals surface area (Å²) in [5.41, 5.74) is 2.03. The zero-order valence-electron chi connectivity index (χ0n) is 23.3. The Labute approximate surface area is 254 Å². The predicted octanol–water partition coefficient (Wildman–Crippen LogP) is 6.05. The second-order valence-electron chi connectivity index (χ2n) is 9.97. The fourth-order valence-electron chi connectivity index (χ4n) is 4.78. The fourth-order valence-corrected chi connectivity index (χ4v) is 5.98. The van der Waals surface area contributed by atoms with Crippen molar-refractivity contribution in [3.63, 3.8) is 0 Å². The summed E-state index contributed by atoms with van der Waals surface area (Å²) in [6.07, 6.45) is 1.62. The van der Waals surface area contributed by atoms with Crippen LogP contribution in [0.15, 0.2) is 96.6 Å². The van der Waals surface area contributed by atoms with Crippen molar-refractivity contribution in [3.8, 4) is 5.75 Å². The van der Waals surface area contributed by atoms with Crippen LogP contribution in [-0.4, -0.2) is 10.5 Å². The molecule has 8 nitrogen and oxygen atoms in total. The lowest BCUT2D eigenvalue weighted by atomic mass is 10.00. The zero-order chi connectivity index (χ0) is 30.2. The normalized spacial score (nSPS) is 14.9. The van der Waals surface area contributed by atoms with E-state index in [1.807, 2.05) is 31.2 Å². The number of furan rings is 2. The van der Waals surface area contributed by atoms with Crippen LogP contribution in [0.5, 0.6) is 5.75 Å². The number of halogens is 2. The second-order valence-corrected chi connectivity index (χ2v) is 11.4. The number of fused-ring (bicyclic) bond motifs is 1. The highest BCUT2D eigenvalue weighted by Gasteiger charge is 2.34. The first-order chi connectivity index (χ1) is 20.7. The van der Waals surface area contributed by atoms with E-state index in [4.69, 9.17) is 25.2 Å². The zero-order valence-corrected chi connectivity index (χ0v) is 24.9. The molecule has 0 saturated heterocycles. The monoisotopic (exact) mass is 617 g/mol. The Balaban J connectivity index is 1.34. The maximum absolute atomic E-state index is 13.8. The molecule has 5 aromatic rings. The second kappa shape index (κ2) is 11.5. The molecule has 3 aromatic heterocycles. The Bertz CT molecular complexity index is 2090. The van der Waals surface area contributed by atoms with E-state index < -0.39 is 11.9 Å². The number of carbonyl (C=O) groups is 1. The van der Waals surface area contributed by atoms with Crippen LogP contribution in [0, 0.1) is 19.7 Å². The van der Waals surface area contributed by atoms with Gasteiger partial charge in [0.2, 0.25) is 0 Å². The van der Waals surface area contributed by atoms with Crippen LogP contribution in [0.25, 0.3) is 6.08 Å². The number of carbonyl (C=O) groups excluding carboxylic acids is 1. The van der Waals surface area contributed by atoms with Crippen LogP contribution in [-0.2, 0) is 11.4 Å². The molecule has 0 fully saturated rings. The quantitative estimate of drug-likeness (QED) is 0.240. The Morgan fingerprint density at radius 2 is 1.93 bits per heavy atom. The first-order valence-electron chi connectivity index (χ1n) is 13.3. The van der Waals surface area contributed by atoms with Crippen LogP contribution in [0.1, 0.15) is 41.6 Å². The van der Waals surface area contributed by atoms with Crippen molar-refractivity contribution in [3.05, 3.63) is 137 Å². The predicted molar refractivity (Wildman–Crippen MR) is 161 cm³/mol. The van der Waals surface area contributed by atoms with Gasteiger partial charge in [0.05, 0.1) is 20.8 Å². The van der Waals surface area contributed by atoms with E-state index >= 15 is 0 Å². The molecule has 1 atom stereocenters. The molecule has 0 aliphatic carbocycles. The third kappa shape index (κ3) is 5.71. The summed E-state index contributed by atoms with van der Waals surface area (Å²) in [6, 6.07) is 17.7. The average molecular weight is 618 g/mol. The summed E-state index contributed by atoms with van der Waals surface area (Å²) in [6.45, 7) is 5.54. The third-order valence-electron chi connectivity index (χ3n) is 6.92. The summed E-state index contributed by atoms with van der Waals surface area (Å²) in [5, 5.41) is 2.94. The minimum Gasteiger partial charge on any atom is -0.486 e. The van der Waals surface area contributed by atoms with Gasteiger partial charge in [0, 0.05) is 17.8 Å². The van der Waals surface area contributed by atoms with Gasteiger partial charge in [-0.3, -0.25) is 14.2 Å². The standard InChI is InChI=1S/C32H25ClFN3O5S/c1-17-6-4-5-7-25(17)36-30(38)28-19(3)35-32-37(29(28)26-13-8-18(2)41-26)31(39)27(43-32)15-21-9-10-22(42-21)16-40-20-11-12-24(34)23(33)14-20/h4-15,29H,16H2,1-3H3,(H,36,38)/b27-15+/t29-/m1/s1. The van der Waals surface area contributed by atoms with Crippen LogP contribution in [0.2, 0.25) is 5.02 Å². The van der Waals surface area contributed by atoms with Crippen molar-refractivity contribution in [2.24, 2.45) is 4.99 Å². The molecular weight excluding hydrogens is 593 g/mol. The highest BCUT2D eigenvalue weighted by Crippen LogP contribution is 2.32. The number of ether oxygens (including phenoxy) is 1. The van der Waals surface area contributed by atoms with Crippen molar-refractivity contribution in [1.29, 1.82) is 0 Å². The number of rotatable bonds is 7. The van der Waals surface area contributed by atoms with Crippen molar-refractivity contribution in [1.82, 2.24) is 4.57 Å². The third-order valence-corrected chi connectivity index (χ3v) is 8.19. The van der Waals surface area contributed by atoms with Crippen LogP contribution in [0.4, 0.5) is 10.1 Å². The molecule has 11 heteroatoms. The van der Waals surface area contributed by atoms with Gasteiger partial charge in [-0.05, 0) is 68.8 Å². The van der Waals surface area contributed by atoms with Gasteiger partial charge < -0.3 is 18.9 Å². The van der Waals surface area contributed by atoms with Crippen molar-refractivity contribution >= 4 is 40.6 Å². The smallest absolute Gasteiger partial charge is 0.271 e. The van der Waals surface area contributed by atoms with Gasteiger partial charge in [0.25, 0.3) is 11.5 Å². The molecule has 1 N–H and O–H groups in total. The van der Waals surface area contributed by atoms with Gasteiger partial charge in [-0.2, -0.15) is 0 Å². The molecule has 0 radical (unpaired) electrons. The van der Waals surface area contributed by atoms with E-state index in [1.165, 1.54) is 34.1 Å². The van der Waals surface area contributed by atoms with Crippen LogP contribution in [0.3, 0.4) is 0 Å². The molecule has 4 heterocycles. The number of benzene rings is 2. The number of anilines is 1. The average Bonchev–Trinajstić information content (AvgIpc) is 3.69. The van der Waals surface area contributed by atoms with Gasteiger partial charge in [0.1, 0.15) is 47.3 Å². The molecule has 0 bridgehead atoms. The first kappa shape index (κ1) is 28.4. The van der Waals surface area contributed by atoms with E-state index in [2.05, 4.69) is 10.3 Å². The number of hydrogen-bond acceptors (Lipinski definition) is 7. The van der Waals surface area contributed by atoms with Crippen LogP contribution < -0.4 is 24.9 Å². The number of para-hydroxylation sites is 1. The molecule has 2 aromatic carbocycles. The topological polar surface area (TPSA) is 99.0 Å². The van der Waals surface area contributed by atoms with Gasteiger partial charge in [-0.25, -0.2) is 9.38 Å². The molecule has 0 spiro atoms. The summed E-state index contributed by atoms with van der Waals surface area (Å²) in [7, 11) is 0. The van der Waals surface area contributed by atoms with Crippen molar-refractivity contribution in [2.75, 3.05) is 5.32 Å². The molecular formula is C32H25ClFN3O5S. The van der Waals surface area contributed by atoms with E-state index in [0.717, 1.165) is 5.56 Å². The van der Waals surface area contributed by atoms with Gasteiger partial charge >= 0.3 is 0 Å². The highest BCUT2D eigenvalue weighted by atomic mass is 35.5. The Morgan fingerprint density at radius 3 is 2.67 bits per heavy atom. The highest BCUT2D eigenvalue weighted by molar-refractivity contribution is 7.07. The largest absolute Gasteiger partial charge is 0.486 e. The Kier molecular flexibility index (Phi) is 7.64. The summed E-state index contributed by atoms with van der Waals surface area (Å²) < 4.78 is 32.8. The molecule has 43 heavy (non-hydrogen) atoms. The Morgan fingerprint density at radius 1 is 1.12 bits per heavy atom. The van der Waals surface area contributed by atoms with Gasteiger partial charge in [0.15, 0.2) is 4.80 Å². The number of hydrogen-bond donors (Lipinski definition) is 1.